The lowest BCUT2D eigenvalue weighted by molar-refractivity contribution is 0.385. The molecule has 2 aliphatic rings. The van der Waals surface area contributed by atoms with Crippen LogP contribution >= 0.6 is 0 Å². The lowest BCUT2D eigenvalue weighted by Gasteiger charge is -2.14. The van der Waals surface area contributed by atoms with Crippen molar-refractivity contribution in [2.45, 2.75) is 12.8 Å². The van der Waals surface area contributed by atoms with Crippen molar-refractivity contribution in [3.63, 3.8) is 0 Å². The second-order valence-corrected chi connectivity index (χ2v) is 6.12. The van der Waals surface area contributed by atoms with Crippen molar-refractivity contribution in [3.8, 4) is 23.1 Å². The first-order valence-electron chi connectivity index (χ1n) is 8.70. The molecule has 1 N–H and O–H groups in total. The van der Waals surface area contributed by atoms with Crippen LogP contribution in [0.1, 0.15) is 18.4 Å². The maximum absolute atomic E-state index is 6.02. The van der Waals surface area contributed by atoms with Gasteiger partial charge in [-0.3, -0.25) is 0 Å². The molecule has 2 aromatic rings. The first-order chi connectivity index (χ1) is 13.3. The third kappa shape index (κ3) is 3.48. The molecule has 0 spiro atoms. The highest BCUT2D eigenvalue weighted by molar-refractivity contribution is 5.92. The summed E-state index contributed by atoms with van der Waals surface area (Å²) >= 11 is 0. The zero-order valence-electron chi connectivity index (χ0n) is 15.2. The van der Waals surface area contributed by atoms with E-state index in [1.54, 1.807) is 32.6 Å². The summed E-state index contributed by atoms with van der Waals surface area (Å²) in [6, 6.07) is 3.57. The molecule has 0 atom stereocenters. The number of hydrogen-bond acceptors (Lipinski definition) is 7. The number of ether oxygens (including phenoxy) is 3. The van der Waals surface area contributed by atoms with Gasteiger partial charge in [-0.1, -0.05) is 23.8 Å². The van der Waals surface area contributed by atoms with Crippen molar-refractivity contribution in [1.82, 2.24) is 9.97 Å². The van der Waals surface area contributed by atoms with Gasteiger partial charge in [-0.15, -0.1) is 0 Å². The van der Waals surface area contributed by atoms with Crippen molar-refractivity contribution >= 4 is 17.7 Å². The highest BCUT2D eigenvalue weighted by Gasteiger charge is 2.21. The van der Waals surface area contributed by atoms with Crippen LogP contribution < -0.4 is 19.5 Å². The van der Waals surface area contributed by atoms with Crippen LogP contribution in [-0.2, 0) is 0 Å². The van der Waals surface area contributed by atoms with Crippen LogP contribution in [-0.4, -0.2) is 36.9 Å². The number of nitrogens with one attached hydrogen (secondary N) is 1. The SMILES string of the molecule is COc1cc(OC)c2c(c1)Oc1ncnc(NCC3=CC=CCC3)c1N=C2. The molecule has 0 saturated heterocycles. The standard InChI is InChI=1S/C20H20N4O3/c1-25-14-8-16(26-2)15-11-21-18-19(22-10-13-6-4-3-5-7-13)23-12-24-20(18)27-17(15)9-14/h3-4,6,8-9,11-12H,5,7,10H2,1-2H3,(H,22,23,24). The fourth-order valence-corrected chi connectivity index (χ4v) is 2.99. The Kier molecular flexibility index (Phi) is 4.74. The zero-order chi connectivity index (χ0) is 18.6. The van der Waals surface area contributed by atoms with E-state index < -0.39 is 0 Å². The summed E-state index contributed by atoms with van der Waals surface area (Å²) in [5.41, 5.74) is 2.60. The van der Waals surface area contributed by atoms with E-state index in [1.807, 2.05) is 0 Å². The normalized spacial score (nSPS) is 14.4. The molecule has 7 nitrogen and oxygen atoms in total. The number of benzene rings is 1. The minimum absolute atomic E-state index is 0.385. The van der Waals surface area contributed by atoms with E-state index >= 15 is 0 Å². The molecule has 0 bridgehead atoms. The molecule has 1 aromatic carbocycles. The Morgan fingerprint density at radius 3 is 2.89 bits per heavy atom. The predicted molar refractivity (Wildman–Crippen MR) is 104 cm³/mol. The van der Waals surface area contributed by atoms with Gasteiger partial charge in [0.15, 0.2) is 11.5 Å². The Bertz CT molecular complexity index is 950. The highest BCUT2D eigenvalue weighted by Crippen LogP contribution is 2.42. The van der Waals surface area contributed by atoms with Crippen LogP contribution in [0, 0.1) is 0 Å². The van der Waals surface area contributed by atoms with Gasteiger partial charge in [-0.2, -0.15) is 4.98 Å². The van der Waals surface area contributed by atoms with Gasteiger partial charge in [0, 0.05) is 24.9 Å². The molecule has 1 aromatic heterocycles. The largest absolute Gasteiger partial charge is 0.496 e. The van der Waals surface area contributed by atoms with Gasteiger partial charge < -0.3 is 19.5 Å². The minimum atomic E-state index is 0.385. The minimum Gasteiger partial charge on any atom is -0.496 e. The Labute approximate surface area is 157 Å². The average Bonchev–Trinajstić information content (AvgIpc) is 2.91. The van der Waals surface area contributed by atoms with Crippen molar-refractivity contribution in [2.75, 3.05) is 26.1 Å². The van der Waals surface area contributed by atoms with Gasteiger partial charge in [0.25, 0.3) is 5.88 Å². The van der Waals surface area contributed by atoms with Crippen LogP contribution in [0.5, 0.6) is 23.1 Å². The Balaban J connectivity index is 1.67. The van der Waals surface area contributed by atoms with E-state index in [4.69, 9.17) is 14.2 Å². The molecule has 27 heavy (non-hydrogen) atoms. The van der Waals surface area contributed by atoms with Crippen molar-refractivity contribution < 1.29 is 14.2 Å². The van der Waals surface area contributed by atoms with Gasteiger partial charge in [0.2, 0.25) is 0 Å². The Morgan fingerprint density at radius 2 is 2.11 bits per heavy atom. The number of rotatable bonds is 5. The average molecular weight is 364 g/mol. The number of anilines is 1. The summed E-state index contributed by atoms with van der Waals surface area (Å²) in [4.78, 5) is 13.2. The molecule has 2 heterocycles. The molecular formula is C20H20N4O3. The summed E-state index contributed by atoms with van der Waals surface area (Å²) in [6.45, 7) is 0.702. The molecule has 0 unspecified atom stereocenters. The van der Waals surface area contributed by atoms with E-state index in [-0.39, 0.29) is 0 Å². The fraction of sp³-hybridized carbons (Fsp3) is 0.250. The molecule has 138 valence electrons. The zero-order valence-corrected chi connectivity index (χ0v) is 15.2. The van der Waals surface area contributed by atoms with Crippen molar-refractivity contribution in [3.05, 3.63) is 47.8 Å². The van der Waals surface area contributed by atoms with Crippen molar-refractivity contribution in [2.24, 2.45) is 4.99 Å². The molecule has 0 saturated carbocycles. The van der Waals surface area contributed by atoms with E-state index in [0.717, 1.165) is 18.4 Å². The molecule has 0 fully saturated rings. The number of allylic oxidation sites excluding steroid dienone is 3. The molecule has 0 amide bonds. The van der Waals surface area contributed by atoms with E-state index in [9.17, 15) is 0 Å². The molecular weight excluding hydrogens is 344 g/mol. The first kappa shape index (κ1) is 17.1. The second kappa shape index (κ2) is 7.49. The van der Waals surface area contributed by atoms with Crippen LogP contribution in [0.15, 0.2) is 47.3 Å². The maximum atomic E-state index is 6.02. The summed E-state index contributed by atoms with van der Waals surface area (Å²) in [5.74, 6) is 2.83. The smallest absolute Gasteiger partial charge is 0.250 e. The highest BCUT2D eigenvalue weighted by atomic mass is 16.5. The maximum Gasteiger partial charge on any atom is 0.250 e. The topological polar surface area (TPSA) is 77.9 Å². The van der Waals surface area contributed by atoms with Crippen LogP contribution in [0.25, 0.3) is 0 Å². The van der Waals surface area contributed by atoms with Gasteiger partial charge >= 0.3 is 0 Å². The van der Waals surface area contributed by atoms with Gasteiger partial charge in [0.1, 0.15) is 23.6 Å². The molecule has 7 heteroatoms. The summed E-state index contributed by atoms with van der Waals surface area (Å²) < 4.78 is 16.8. The van der Waals surface area contributed by atoms with Crippen LogP contribution in [0.2, 0.25) is 0 Å². The lowest BCUT2D eigenvalue weighted by atomic mass is 10.1. The molecule has 4 rings (SSSR count). The van der Waals surface area contributed by atoms with Crippen LogP contribution in [0.3, 0.4) is 0 Å². The first-order valence-corrected chi connectivity index (χ1v) is 8.70. The van der Waals surface area contributed by atoms with E-state index in [1.165, 1.54) is 11.9 Å². The quantitative estimate of drug-likeness (QED) is 0.736. The van der Waals surface area contributed by atoms with E-state index in [2.05, 4.69) is 38.5 Å². The molecule has 0 radical (unpaired) electrons. The molecule has 1 aliphatic carbocycles. The van der Waals surface area contributed by atoms with Crippen molar-refractivity contribution in [1.29, 1.82) is 0 Å². The third-order valence-electron chi connectivity index (χ3n) is 4.43. The Hall–Kier alpha value is -3.35. The van der Waals surface area contributed by atoms with Gasteiger partial charge in [0.05, 0.1) is 19.8 Å². The number of aromatic nitrogens is 2. The number of hydrogen-bond donors (Lipinski definition) is 1. The van der Waals surface area contributed by atoms with Crippen LogP contribution in [0.4, 0.5) is 11.5 Å². The summed E-state index contributed by atoms with van der Waals surface area (Å²) in [7, 11) is 3.19. The fourth-order valence-electron chi connectivity index (χ4n) is 2.99. The van der Waals surface area contributed by atoms with E-state index in [0.29, 0.717) is 41.2 Å². The van der Waals surface area contributed by atoms with Gasteiger partial charge in [-0.25, -0.2) is 9.98 Å². The monoisotopic (exact) mass is 364 g/mol. The summed E-state index contributed by atoms with van der Waals surface area (Å²) in [6.07, 6.45) is 11.6. The van der Waals surface area contributed by atoms with Gasteiger partial charge in [-0.05, 0) is 12.8 Å². The number of fused-ring (bicyclic) bond motifs is 2. The number of nitrogens with zero attached hydrogens (tertiary/aromatic N) is 3. The third-order valence-corrected chi connectivity index (χ3v) is 4.43. The number of aliphatic imine (C=N–C) groups is 1. The number of methoxy groups -OCH3 is 2. The predicted octanol–water partition coefficient (Wildman–Crippen LogP) is 4.04. The lowest BCUT2D eigenvalue weighted by Crippen LogP contribution is -2.08. The molecule has 1 aliphatic heterocycles. The Morgan fingerprint density at radius 1 is 1.19 bits per heavy atom. The second-order valence-electron chi connectivity index (χ2n) is 6.12. The summed E-state index contributed by atoms with van der Waals surface area (Å²) in [5, 5.41) is 3.35.